The number of carbonyl (C=O) groups is 3. The molecule has 0 radical (unpaired) electrons. The van der Waals surface area contributed by atoms with Gasteiger partial charge in [-0.1, -0.05) is 291 Å². The highest BCUT2D eigenvalue weighted by molar-refractivity contribution is 7.47. The summed E-state index contributed by atoms with van der Waals surface area (Å²) in [4.78, 5) is 51.1. The Kier molecular flexibility index (Phi) is 52.7. The molecule has 3 fully saturated rings. The molecule has 0 bridgehead atoms. The molecule has 0 aromatic heterocycles. The van der Waals surface area contributed by atoms with Crippen LogP contribution in [0.1, 0.15) is 329 Å². The highest BCUT2D eigenvalue weighted by atomic mass is 31.2. The summed E-state index contributed by atoms with van der Waals surface area (Å²) in [5.74, 6) is -1.27. The van der Waals surface area contributed by atoms with Gasteiger partial charge in [0.15, 0.2) is 18.7 Å². The van der Waals surface area contributed by atoms with Gasteiger partial charge in [0.05, 0.1) is 13.2 Å². The van der Waals surface area contributed by atoms with E-state index >= 15 is 0 Å². The summed E-state index contributed by atoms with van der Waals surface area (Å²) in [6.07, 6.45) is 14.4. The standard InChI is InChI=1S/C76H143O24P/c1-5-8-11-14-17-19-21-23-24-25-26-28-29-31-33-39-45-50-61(79)93-55-59-64(82)66(84)71(89)76(97-59)99-73-69(87)67(85)68(86)72(98-75-70(88)65(83)63(81)58(52-77)96-75)74(73)100-101(90,91)94-54-57(95-62(80)51-46-41-34-32-30-27-22-20-18-15-12-9-6-2)53-92-60(78)49-44-40-36-35-38-43-48-56(4)47-42-37-16-13-10-7-3/h56-59,63-77,81-89H,5-55H2,1-4H3,(H,90,91). The molecule has 3 rings (SSSR count). The second-order valence-corrected chi connectivity index (χ2v) is 30.8. The van der Waals surface area contributed by atoms with Crippen LogP contribution in [0, 0.1) is 5.92 Å². The van der Waals surface area contributed by atoms with E-state index in [2.05, 4.69) is 27.7 Å². The molecule has 19 unspecified atom stereocenters. The molecular weight excluding hydrogens is 1330 g/mol. The van der Waals surface area contributed by atoms with Crippen molar-refractivity contribution in [2.24, 2.45) is 5.92 Å². The Hall–Kier alpha value is -2.04. The molecule has 0 spiro atoms. The van der Waals surface area contributed by atoms with Gasteiger partial charge in [0.1, 0.15) is 98.7 Å². The van der Waals surface area contributed by atoms with Gasteiger partial charge in [-0.15, -0.1) is 0 Å². The average Bonchev–Trinajstić information content (AvgIpc) is 0.760. The maximum atomic E-state index is 14.4. The second kappa shape index (κ2) is 57.1. The van der Waals surface area contributed by atoms with E-state index in [1.165, 1.54) is 167 Å². The van der Waals surface area contributed by atoms with Gasteiger partial charge in [0.25, 0.3) is 0 Å². The summed E-state index contributed by atoms with van der Waals surface area (Å²) in [5, 5.41) is 110. The topological polar surface area (TPSA) is 374 Å². The number of hydrogen-bond donors (Lipinski definition) is 11. The first kappa shape index (κ1) is 93.2. The van der Waals surface area contributed by atoms with Gasteiger partial charge in [-0.25, -0.2) is 4.57 Å². The summed E-state index contributed by atoms with van der Waals surface area (Å²) in [6.45, 7) is 5.82. The number of aliphatic hydroxyl groups is 10. The molecule has 101 heavy (non-hydrogen) atoms. The molecule has 25 heteroatoms. The highest BCUT2D eigenvalue weighted by Gasteiger charge is 2.58. The Morgan fingerprint density at radius 3 is 1.07 bits per heavy atom. The van der Waals surface area contributed by atoms with E-state index < -0.39 is 156 Å². The number of hydrogen-bond acceptors (Lipinski definition) is 23. The molecule has 596 valence electrons. The smallest absolute Gasteiger partial charge is 0.463 e. The van der Waals surface area contributed by atoms with Crippen LogP contribution in [0.3, 0.4) is 0 Å². The third-order valence-electron chi connectivity index (χ3n) is 20.3. The zero-order chi connectivity index (χ0) is 74.1. The number of unbranched alkanes of at least 4 members (excludes halogenated alkanes) is 38. The van der Waals surface area contributed by atoms with E-state index in [9.17, 15) is 74.9 Å². The van der Waals surface area contributed by atoms with Crippen molar-refractivity contribution in [1.82, 2.24) is 0 Å². The molecule has 3 aliphatic rings. The molecule has 2 heterocycles. The lowest BCUT2D eigenvalue weighted by molar-refractivity contribution is -0.360. The molecule has 0 aromatic rings. The van der Waals surface area contributed by atoms with E-state index in [1.54, 1.807) is 0 Å². The first-order valence-corrected chi connectivity index (χ1v) is 41.7. The first-order chi connectivity index (χ1) is 48.7. The number of phosphoric ester groups is 1. The Bertz CT molecular complexity index is 2100. The minimum Gasteiger partial charge on any atom is -0.463 e. The summed E-state index contributed by atoms with van der Waals surface area (Å²) >= 11 is 0. The van der Waals surface area contributed by atoms with E-state index in [4.69, 9.17) is 42.2 Å². The van der Waals surface area contributed by atoms with E-state index in [0.29, 0.717) is 25.2 Å². The van der Waals surface area contributed by atoms with Crippen molar-refractivity contribution in [2.75, 3.05) is 26.4 Å². The van der Waals surface area contributed by atoms with Crippen LogP contribution < -0.4 is 0 Å². The third-order valence-corrected chi connectivity index (χ3v) is 21.3. The minimum absolute atomic E-state index is 0.0339. The minimum atomic E-state index is -5.70. The number of aliphatic hydroxyl groups excluding tert-OH is 10. The van der Waals surface area contributed by atoms with Gasteiger partial charge in [0.2, 0.25) is 0 Å². The normalized spacial score (nSPS) is 27.4. The monoisotopic (exact) mass is 1470 g/mol. The van der Waals surface area contributed by atoms with Crippen LogP contribution in [0.4, 0.5) is 0 Å². The fourth-order valence-electron chi connectivity index (χ4n) is 13.7. The van der Waals surface area contributed by atoms with Crippen molar-refractivity contribution in [3.8, 4) is 0 Å². The lowest BCUT2D eigenvalue weighted by atomic mass is 9.84. The Morgan fingerprint density at radius 2 is 0.693 bits per heavy atom. The highest BCUT2D eigenvalue weighted by Crippen LogP contribution is 2.49. The fraction of sp³-hybridized carbons (Fsp3) is 0.961. The molecule has 2 saturated heterocycles. The largest absolute Gasteiger partial charge is 0.472 e. The van der Waals surface area contributed by atoms with Crippen molar-refractivity contribution in [3.05, 3.63) is 0 Å². The van der Waals surface area contributed by atoms with Crippen molar-refractivity contribution in [1.29, 1.82) is 0 Å². The van der Waals surface area contributed by atoms with Gasteiger partial charge in [0, 0.05) is 19.3 Å². The third kappa shape index (κ3) is 40.1. The molecule has 1 saturated carbocycles. The molecule has 2 aliphatic heterocycles. The number of ether oxygens (including phenoxy) is 7. The van der Waals surface area contributed by atoms with Crippen LogP contribution >= 0.6 is 7.82 Å². The summed E-state index contributed by atoms with van der Waals surface area (Å²) < 4.78 is 65.2. The van der Waals surface area contributed by atoms with Crippen LogP contribution in [-0.4, -0.2) is 204 Å². The SMILES string of the molecule is CCCCCCCCCCCCCCCCCCCC(=O)OCC1OC(OC2C(O)C(O)C(O)C(OC3OC(CO)C(O)C(O)C3O)C2OP(=O)(O)OCC(COC(=O)CCCCCCCCC(C)CCCCCCCC)OC(=O)CCCCCCCCCCCCCCC)C(O)C(O)C1O. The van der Waals surface area contributed by atoms with Gasteiger partial charge in [-0.05, 0) is 25.2 Å². The number of phosphoric acid groups is 1. The van der Waals surface area contributed by atoms with Crippen LogP contribution in [0.25, 0.3) is 0 Å². The predicted molar refractivity (Wildman–Crippen MR) is 384 cm³/mol. The maximum Gasteiger partial charge on any atom is 0.472 e. The summed E-state index contributed by atoms with van der Waals surface area (Å²) in [7, 11) is -5.70. The van der Waals surface area contributed by atoms with Gasteiger partial charge >= 0.3 is 25.7 Å². The first-order valence-electron chi connectivity index (χ1n) is 40.2. The lowest BCUT2D eigenvalue weighted by Crippen LogP contribution is -2.69. The Balaban J connectivity index is 1.70. The predicted octanol–water partition coefficient (Wildman–Crippen LogP) is 12.0. The van der Waals surface area contributed by atoms with E-state index in [-0.39, 0.29) is 19.3 Å². The summed E-state index contributed by atoms with van der Waals surface area (Å²) in [6, 6.07) is 0. The molecule has 0 aromatic carbocycles. The van der Waals surface area contributed by atoms with Crippen molar-refractivity contribution >= 4 is 25.7 Å². The maximum absolute atomic E-state index is 14.4. The molecule has 11 N–H and O–H groups in total. The molecule has 1 aliphatic carbocycles. The van der Waals surface area contributed by atoms with Gasteiger partial charge in [-0.2, -0.15) is 0 Å². The van der Waals surface area contributed by atoms with Crippen LogP contribution in [0.2, 0.25) is 0 Å². The molecule has 19 atom stereocenters. The van der Waals surface area contributed by atoms with E-state index in [0.717, 1.165) is 96.3 Å². The summed E-state index contributed by atoms with van der Waals surface area (Å²) in [5.41, 5.74) is 0. The molecule has 0 amide bonds. The Morgan fingerprint density at radius 1 is 0.376 bits per heavy atom. The quantitative estimate of drug-likeness (QED) is 0.0117. The zero-order valence-corrected chi connectivity index (χ0v) is 63.5. The molecule has 24 nitrogen and oxygen atoms in total. The second-order valence-electron chi connectivity index (χ2n) is 29.4. The van der Waals surface area contributed by atoms with E-state index in [1.807, 2.05) is 0 Å². The Labute approximate surface area is 606 Å². The molecular formula is C76H143O24P. The van der Waals surface area contributed by atoms with Gasteiger partial charge < -0.3 is 89.1 Å². The van der Waals surface area contributed by atoms with Crippen LogP contribution in [-0.2, 0) is 61.2 Å². The van der Waals surface area contributed by atoms with Crippen molar-refractivity contribution in [2.45, 2.75) is 434 Å². The van der Waals surface area contributed by atoms with Crippen LogP contribution in [0.5, 0.6) is 0 Å². The average molecular weight is 1470 g/mol. The van der Waals surface area contributed by atoms with Crippen molar-refractivity contribution in [3.63, 3.8) is 0 Å². The van der Waals surface area contributed by atoms with Gasteiger partial charge in [-0.3, -0.25) is 23.4 Å². The van der Waals surface area contributed by atoms with Crippen LogP contribution in [0.15, 0.2) is 0 Å². The van der Waals surface area contributed by atoms with Crippen molar-refractivity contribution < 1.29 is 117 Å². The number of carbonyl (C=O) groups excluding carboxylic acids is 3. The lowest BCUT2D eigenvalue weighted by Gasteiger charge is -2.49. The number of esters is 3. The fourth-order valence-corrected chi connectivity index (χ4v) is 14.6. The number of rotatable bonds is 63. The zero-order valence-electron chi connectivity index (χ0n) is 62.6.